The summed E-state index contributed by atoms with van der Waals surface area (Å²) in [6.45, 7) is 2.81. The molecule has 1 aliphatic heterocycles. The van der Waals surface area contributed by atoms with Crippen LogP contribution in [0.1, 0.15) is 49.7 Å². The number of nitrogens with one attached hydrogen (secondary N) is 1. The average Bonchev–Trinajstić information content (AvgIpc) is 3.15. The molecule has 108 valence electrons. The van der Waals surface area contributed by atoms with Gasteiger partial charge in [0.25, 0.3) is 0 Å². The number of aromatic nitrogens is 2. The highest BCUT2D eigenvalue weighted by Crippen LogP contribution is 2.41. The Bertz CT molecular complexity index is 400. The van der Waals surface area contributed by atoms with E-state index < -0.39 is 0 Å². The van der Waals surface area contributed by atoms with Crippen LogP contribution in [0.3, 0.4) is 0 Å². The Morgan fingerprint density at radius 3 is 2.74 bits per heavy atom. The van der Waals surface area contributed by atoms with E-state index in [0.29, 0.717) is 5.92 Å². The average molecular weight is 288 g/mol. The SMILES string of the molecule is COCCC1(c2noc(C3CC3)n2)CCNCC1.Cl. The first-order valence-corrected chi connectivity index (χ1v) is 6.88. The molecule has 1 saturated heterocycles. The fourth-order valence-electron chi connectivity index (χ4n) is 2.73. The Labute approximate surface area is 119 Å². The van der Waals surface area contributed by atoms with Gasteiger partial charge in [-0.1, -0.05) is 5.16 Å². The summed E-state index contributed by atoms with van der Waals surface area (Å²) in [4.78, 5) is 4.66. The molecule has 1 saturated carbocycles. The van der Waals surface area contributed by atoms with Crippen molar-refractivity contribution in [2.24, 2.45) is 0 Å². The molecule has 1 aliphatic carbocycles. The minimum absolute atomic E-state index is 0. The normalized spacial score (nSPS) is 21.9. The van der Waals surface area contributed by atoms with Gasteiger partial charge >= 0.3 is 0 Å². The third-order valence-electron chi connectivity index (χ3n) is 4.19. The van der Waals surface area contributed by atoms with Crippen molar-refractivity contribution in [1.82, 2.24) is 15.5 Å². The molecule has 2 heterocycles. The van der Waals surface area contributed by atoms with Gasteiger partial charge in [-0.15, -0.1) is 12.4 Å². The lowest BCUT2D eigenvalue weighted by atomic mass is 9.75. The van der Waals surface area contributed by atoms with Crippen molar-refractivity contribution in [3.63, 3.8) is 0 Å². The molecule has 2 fully saturated rings. The second kappa shape index (κ2) is 6.20. The maximum absolute atomic E-state index is 5.42. The molecule has 0 bridgehead atoms. The van der Waals surface area contributed by atoms with Crippen molar-refractivity contribution in [2.45, 2.75) is 43.4 Å². The second-order valence-electron chi connectivity index (χ2n) is 5.50. The van der Waals surface area contributed by atoms with Crippen LogP contribution in [0.5, 0.6) is 0 Å². The summed E-state index contributed by atoms with van der Waals surface area (Å²) in [5, 5.41) is 7.66. The van der Waals surface area contributed by atoms with Gasteiger partial charge < -0.3 is 14.6 Å². The van der Waals surface area contributed by atoms with E-state index in [1.54, 1.807) is 7.11 Å². The summed E-state index contributed by atoms with van der Waals surface area (Å²) in [6, 6.07) is 0. The molecule has 0 atom stereocenters. The molecule has 2 aliphatic rings. The van der Waals surface area contributed by atoms with E-state index in [0.717, 1.165) is 50.7 Å². The van der Waals surface area contributed by atoms with E-state index in [1.165, 1.54) is 12.8 Å². The van der Waals surface area contributed by atoms with Crippen molar-refractivity contribution >= 4 is 12.4 Å². The van der Waals surface area contributed by atoms with E-state index in [4.69, 9.17) is 9.26 Å². The van der Waals surface area contributed by atoms with Crippen LogP contribution < -0.4 is 5.32 Å². The number of hydrogen-bond donors (Lipinski definition) is 1. The Hall–Kier alpha value is -0.650. The smallest absolute Gasteiger partial charge is 0.229 e. The number of methoxy groups -OCH3 is 1. The molecule has 0 radical (unpaired) electrons. The highest BCUT2D eigenvalue weighted by molar-refractivity contribution is 5.85. The first kappa shape index (κ1) is 14.8. The summed E-state index contributed by atoms with van der Waals surface area (Å²) in [5.74, 6) is 2.29. The molecular formula is C13H22ClN3O2. The number of hydrogen-bond acceptors (Lipinski definition) is 5. The molecule has 1 aromatic heterocycles. The fraction of sp³-hybridized carbons (Fsp3) is 0.846. The van der Waals surface area contributed by atoms with Gasteiger partial charge in [-0.3, -0.25) is 0 Å². The zero-order valence-corrected chi connectivity index (χ0v) is 12.2. The Balaban J connectivity index is 0.00000133. The van der Waals surface area contributed by atoms with Crippen molar-refractivity contribution in [3.05, 3.63) is 11.7 Å². The summed E-state index contributed by atoms with van der Waals surface area (Å²) >= 11 is 0. The predicted octanol–water partition coefficient (Wildman–Crippen LogP) is 2.03. The largest absolute Gasteiger partial charge is 0.385 e. The van der Waals surface area contributed by atoms with Gasteiger partial charge in [0.15, 0.2) is 5.82 Å². The Morgan fingerprint density at radius 1 is 1.37 bits per heavy atom. The topological polar surface area (TPSA) is 60.2 Å². The van der Waals surface area contributed by atoms with Crippen molar-refractivity contribution in [1.29, 1.82) is 0 Å². The van der Waals surface area contributed by atoms with Gasteiger partial charge in [0.1, 0.15) is 0 Å². The first-order chi connectivity index (χ1) is 8.84. The van der Waals surface area contributed by atoms with Crippen LogP contribution in [0.4, 0.5) is 0 Å². The highest BCUT2D eigenvalue weighted by atomic mass is 35.5. The molecule has 1 N–H and O–H groups in total. The molecular weight excluding hydrogens is 266 g/mol. The van der Waals surface area contributed by atoms with Crippen LogP contribution >= 0.6 is 12.4 Å². The van der Waals surface area contributed by atoms with Crippen LogP contribution in [0.2, 0.25) is 0 Å². The van der Waals surface area contributed by atoms with Crippen LogP contribution in [0.15, 0.2) is 4.52 Å². The zero-order valence-electron chi connectivity index (χ0n) is 11.4. The van der Waals surface area contributed by atoms with Crippen LogP contribution in [0, 0.1) is 0 Å². The second-order valence-corrected chi connectivity index (χ2v) is 5.50. The first-order valence-electron chi connectivity index (χ1n) is 6.88. The molecule has 0 aromatic carbocycles. The third kappa shape index (κ3) is 3.09. The maximum atomic E-state index is 5.42. The van der Waals surface area contributed by atoms with E-state index in [-0.39, 0.29) is 17.8 Å². The van der Waals surface area contributed by atoms with Gasteiger partial charge in [0, 0.05) is 25.0 Å². The summed E-state index contributed by atoms with van der Waals surface area (Å²) in [6.07, 6.45) is 5.53. The number of ether oxygens (including phenoxy) is 1. The molecule has 0 spiro atoms. The van der Waals surface area contributed by atoms with E-state index >= 15 is 0 Å². The molecule has 0 amide bonds. The molecule has 3 rings (SSSR count). The van der Waals surface area contributed by atoms with E-state index in [1.807, 2.05) is 0 Å². The van der Waals surface area contributed by atoms with Gasteiger partial charge in [0.2, 0.25) is 5.89 Å². The van der Waals surface area contributed by atoms with Gasteiger partial charge in [0.05, 0.1) is 0 Å². The predicted molar refractivity (Wildman–Crippen MR) is 73.8 cm³/mol. The molecule has 1 aromatic rings. The molecule has 0 unspecified atom stereocenters. The number of nitrogens with zero attached hydrogens (tertiary/aromatic N) is 2. The number of halogens is 1. The third-order valence-corrected chi connectivity index (χ3v) is 4.19. The summed E-state index contributed by atoms with van der Waals surface area (Å²) < 4.78 is 10.7. The zero-order chi connectivity index (χ0) is 12.4. The van der Waals surface area contributed by atoms with Gasteiger partial charge in [-0.05, 0) is 45.2 Å². The van der Waals surface area contributed by atoms with E-state index in [9.17, 15) is 0 Å². The molecule has 19 heavy (non-hydrogen) atoms. The monoisotopic (exact) mass is 287 g/mol. The highest BCUT2D eigenvalue weighted by Gasteiger charge is 2.39. The number of piperidine rings is 1. The van der Waals surface area contributed by atoms with Gasteiger partial charge in [-0.25, -0.2) is 0 Å². The quantitative estimate of drug-likeness (QED) is 0.898. The minimum atomic E-state index is 0. The fourth-order valence-corrected chi connectivity index (χ4v) is 2.73. The van der Waals surface area contributed by atoms with Gasteiger partial charge in [-0.2, -0.15) is 4.98 Å². The number of rotatable bonds is 5. The maximum Gasteiger partial charge on any atom is 0.229 e. The lowest BCUT2D eigenvalue weighted by molar-refractivity contribution is 0.146. The van der Waals surface area contributed by atoms with Crippen LogP contribution in [-0.4, -0.2) is 36.9 Å². The van der Waals surface area contributed by atoms with Crippen molar-refractivity contribution in [2.75, 3.05) is 26.8 Å². The minimum Gasteiger partial charge on any atom is -0.385 e. The molecule has 6 heteroatoms. The lowest BCUT2D eigenvalue weighted by Gasteiger charge is -2.34. The summed E-state index contributed by atoms with van der Waals surface area (Å²) in [7, 11) is 1.75. The van der Waals surface area contributed by atoms with Crippen molar-refractivity contribution < 1.29 is 9.26 Å². The van der Waals surface area contributed by atoms with Crippen LogP contribution in [0.25, 0.3) is 0 Å². The molecule has 5 nitrogen and oxygen atoms in total. The van der Waals surface area contributed by atoms with Crippen molar-refractivity contribution in [3.8, 4) is 0 Å². The Kier molecular flexibility index (Phi) is 4.81. The Morgan fingerprint density at radius 2 is 2.11 bits per heavy atom. The lowest BCUT2D eigenvalue weighted by Crippen LogP contribution is -2.41. The van der Waals surface area contributed by atoms with Crippen LogP contribution in [-0.2, 0) is 10.2 Å². The standard InChI is InChI=1S/C13H21N3O2.ClH/c1-17-9-6-13(4-7-14-8-5-13)12-15-11(18-16-12)10-2-3-10;/h10,14H,2-9H2,1H3;1H. The van der Waals surface area contributed by atoms with E-state index in [2.05, 4.69) is 15.5 Å². The summed E-state index contributed by atoms with van der Waals surface area (Å²) in [5.41, 5.74) is 0.0535.